The Balaban J connectivity index is 2.08. The van der Waals surface area contributed by atoms with E-state index in [4.69, 9.17) is 0 Å². The molecule has 2 rings (SSSR count). The average Bonchev–Trinajstić information content (AvgIpc) is 2.46. The second-order valence-electron chi connectivity index (χ2n) is 5.73. The molecule has 21 heavy (non-hydrogen) atoms. The monoisotopic (exact) mass is 292 g/mol. The number of likely N-dealkylation sites (N-methyl/N-ethyl adjacent to an activating group) is 2. The quantitative estimate of drug-likeness (QED) is 0.864. The summed E-state index contributed by atoms with van der Waals surface area (Å²) < 4.78 is 0. The van der Waals surface area contributed by atoms with Crippen LogP contribution < -0.4 is 4.90 Å². The number of aromatic nitrogens is 1. The highest BCUT2D eigenvalue weighted by molar-refractivity contribution is 5.94. The number of carbonyl (C=O) groups excluding carboxylic acids is 1. The molecule has 1 aromatic heterocycles. The van der Waals surface area contributed by atoms with Crippen molar-refractivity contribution >= 4 is 11.7 Å². The highest BCUT2D eigenvalue weighted by atomic mass is 16.3. The normalized spacial score (nSPS) is 17.6. The SMILES string of the molecule is CC(O)CN(C)C(=O)c1ccnc(N2CCN(C)CC2)c1. The van der Waals surface area contributed by atoms with Gasteiger partial charge in [0.2, 0.25) is 0 Å². The molecule has 0 saturated carbocycles. The number of piperazine rings is 1. The molecule has 6 heteroatoms. The summed E-state index contributed by atoms with van der Waals surface area (Å²) in [5.74, 6) is 0.757. The van der Waals surface area contributed by atoms with Gasteiger partial charge in [0.25, 0.3) is 5.91 Å². The first kappa shape index (κ1) is 15.7. The van der Waals surface area contributed by atoms with Gasteiger partial charge in [0, 0.05) is 51.5 Å². The number of pyridine rings is 1. The number of rotatable bonds is 4. The number of hydrogen-bond acceptors (Lipinski definition) is 5. The minimum Gasteiger partial charge on any atom is -0.392 e. The molecule has 0 aliphatic carbocycles. The lowest BCUT2D eigenvalue weighted by Gasteiger charge is -2.33. The molecule has 0 radical (unpaired) electrons. The maximum absolute atomic E-state index is 12.3. The van der Waals surface area contributed by atoms with Gasteiger partial charge in [-0.3, -0.25) is 4.79 Å². The minimum atomic E-state index is -0.530. The Morgan fingerprint density at radius 3 is 2.71 bits per heavy atom. The van der Waals surface area contributed by atoms with Crippen molar-refractivity contribution in [1.29, 1.82) is 0 Å². The number of aliphatic hydroxyl groups is 1. The molecule has 1 atom stereocenters. The fourth-order valence-electron chi connectivity index (χ4n) is 2.46. The second-order valence-corrected chi connectivity index (χ2v) is 5.73. The number of anilines is 1. The van der Waals surface area contributed by atoms with Crippen molar-refractivity contribution in [2.75, 3.05) is 51.7 Å². The minimum absolute atomic E-state index is 0.0892. The van der Waals surface area contributed by atoms with Crippen molar-refractivity contribution in [3.63, 3.8) is 0 Å². The zero-order chi connectivity index (χ0) is 15.4. The predicted molar refractivity (Wildman–Crippen MR) is 82.6 cm³/mol. The summed E-state index contributed by atoms with van der Waals surface area (Å²) >= 11 is 0. The summed E-state index contributed by atoms with van der Waals surface area (Å²) in [6.45, 7) is 5.84. The lowest BCUT2D eigenvalue weighted by atomic mass is 10.2. The standard InChI is InChI=1S/C15H24N4O2/c1-12(20)11-18(3)15(21)13-4-5-16-14(10-13)19-8-6-17(2)7-9-19/h4-5,10,12,20H,6-9,11H2,1-3H3. The molecule has 1 fully saturated rings. The Bertz CT molecular complexity index is 484. The van der Waals surface area contributed by atoms with Gasteiger partial charge in [-0.15, -0.1) is 0 Å². The fourth-order valence-corrected chi connectivity index (χ4v) is 2.46. The third-order valence-corrected chi connectivity index (χ3v) is 3.70. The van der Waals surface area contributed by atoms with Crippen LogP contribution in [-0.2, 0) is 0 Å². The van der Waals surface area contributed by atoms with E-state index in [1.54, 1.807) is 26.2 Å². The van der Waals surface area contributed by atoms with Gasteiger partial charge in [-0.25, -0.2) is 4.98 Å². The third kappa shape index (κ3) is 4.15. The summed E-state index contributed by atoms with van der Waals surface area (Å²) in [6, 6.07) is 3.56. The smallest absolute Gasteiger partial charge is 0.253 e. The highest BCUT2D eigenvalue weighted by Crippen LogP contribution is 2.15. The Labute approximate surface area is 126 Å². The van der Waals surface area contributed by atoms with E-state index in [-0.39, 0.29) is 5.91 Å². The summed E-state index contributed by atoms with van der Waals surface area (Å²) in [7, 11) is 3.81. The van der Waals surface area contributed by atoms with Crippen LogP contribution in [0, 0.1) is 0 Å². The van der Waals surface area contributed by atoms with Crippen molar-refractivity contribution in [2.24, 2.45) is 0 Å². The fraction of sp³-hybridized carbons (Fsp3) is 0.600. The van der Waals surface area contributed by atoms with Gasteiger partial charge in [0.1, 0.15) is 5.82 Å². The molecule has 1 N–H and O–H groups in total. The number of aliphatic hydroxyl groups excluding tert-OH is 1. The van der Waals surface area contributed by atoms with E-state index in [1.165, 1.54) is 4.90 Å². The maximum Gasteiger partial charge on any atom is 0.253 e. The third-order valence-electron chi connectivity index (χ3n) is 3.70. The van der Waals surface area contributed by atoms with Gasteiger partial charge >= 0.3 is 0 Å². The van der Waals surface area contributed by atoms with Crippen LogP contribution in [0.3, 0.4) is 0 Å². The van der Waals surface area contributed by atoms with Gasteiger partial charge in [-0.05, 0) is 26.1 Å². The Kier molecular flexibility index (Phi) is 5.14. The van der Waals surface area contributed by atoms with E-state index in [0.29, 0.717) is 12.1 Å². The number of amides is 1. The predicted octanol–water partition coefficient (Wildman–Crippen LogP) is 0.286. The molecule has 0 spiro atoms. The molecule has 1 aromatic rings. The summed E-state index contributed by atoms with van der Waals surface area (Å²) in [6.07, 6.45) is 1.15. The van der Waals surface area contributed by atoms with Crippen molar-refractivity contribution in [3.8, 4) is 0 Å². The van der Waals surface area contributed by atoms with E-state index in [1.807, 2.05) is 6.07 Å². The zero-order valence-corrected chi connectivity index (χ0v) is 13.0. The van der Waals surface area contributed by atoms with E-state index >= 15 is 0 Å². The number of hydrogen-bond donors (Lipinski definition) is 1. The van der Waals surface area contributed by atoms with Gasteiger partial charge in [0.15, 0.2) is 0 Å². The van der Waals surface area contributed by atoms with Gasteiger partial charge in [-0.2, -0.15) is 0 Å². The van der Waals surface area contributed by atoms with E-state index in [2.05, 4.69) is 21.8 Å². The summed E-state index contributed by atoms with van der Waals surface area (Å²) in [4.78, 5) is 22.7. The van der Waals surface area contributed by atoms with E-state index in [9.17, 15) is 9.90 Å². The Hall–Kier alpha value is -1.66. The molecular weight excluding hydrogens is 268 g/mol. The lowest BCUT2D eigenvalue weighted by molar-refractivity contribution is 0.0703. The van der Waals surface area contributed by atoms with Crippen LogP contribution in [0.2, 0.25) is 0 Å². The van der Waals surface area contributed by atoms with Crippen LogP contribution in [0.4, 0.5) is 5.82 Å². The maximum atomic E-state index is 12.3. The second kappa shape index (κ2) is 6.87. The first-order valence-electron chi connectivity index (χ1n) is 7.30. The molecule has 0 aromatic carbocycles. The van der Waals surface area contributed by atoms with Crippen molar-refractivity contribution < 1.29 is 9.90 Å². The topological polar surface area (TPSA) is 59.9 Å². The highest BCUT2D eigenvalue weighted by Gasteiger charge is 2.18. The summed E-state index contributed by atoms with van der Waals surface area (Å²) in [5, 5.41) is 9.38. The van der Waals surface area contributed by atoms with Crippen molar-refractivity contribution in [3.05, 3.63) is 23.9 Å². The van der Waals surface area contributed by atoms with Crippen LogP contribution in [-0.4, -0.2) is 78.7 Å². The molecule has 116 valence electrons. The number of carbonyl (C=O) groups is 1. The first-order valence-corrected chi connectivity index (χ1v) is 7.30. The average molecular weight is 292 g/mol. The lowest BCUT2D eigenvalue weighted by Crippen LogP contribution is -2.44. The van der Waals surface area contributed by atoms with Gasteiger partial charge in [-0.1, -0.05) is 0 Å². The molecular formula is C15H24N4O2. The summed E-state index contributed by atoms with van der Waals surface area (Å²) in [5.41, 5.74) is 0.613. The molecule has 1 aliphatic rings. The van der Waals surface area contributed by atoms with Crippen LogP contribution in [0.5, 0.6) is 0 Å². The zero-order valence-electron chi connectivity index (χ0n) is 13.0. The van der Waals surface area contributed by atoms with Crippen LogP contribution in [0.15, 0.2) is 18.3 Å². The molecule has 6 nitrogen and oxygen atoms in total. The molecule has 0 bridgehead atoms. The van der Waals surface area contributed by atoms with Crippen molar-refractivity contribution in [1.82, 2.24) is 14.8 Å². The first-order chi connectivity index (χ1) is 9.97. The van der Waals surface area contributed by atoms with Gasteiger partial charge < -0.3 is 19.8 Å². The molecule has 1 aliphatic heterocycles. The largest absolute Gasteiger partial charge is 0.392 e. The van der Waals surface area contributed by atoms with Crippen LogP contribution in [0.25, 0.3) is 0 Å². The Morgan fingerprint density at radius 1 is 1.43 bits per heavy atom. The van der Waals surface area contributed by atoms with Crippen LogP contribution in [0.1, 0.15) is 17.3 Å². The van der Waals surface area contributed by atoms with E-state index < -0.39 is 6.10 Å². The van der Waals surface area contributed by atoms with E-state index in [0.717, 1.165) is 32.0 Å². The van der Waals surface area contributed by atoms with Crippen LogP contribution >= 0.6 is 0 Å². The molecule has 1 amide bonds. The molecule has 1 saturated heterocycles. The van der Waals surface area contributed by atoms with Crippen molar-refractivity contribution in [2.45, 2.75) is 13.0 Å². The molecule has 1 unspecified atom stereocenters. The van der Waals surface area contributed by atoms with Gasteiger partial charge in [0.05, 0.1) is 6.10 Å². The molecule has 2 heterocycles. The Morgan fingerprint density at radius 2 is 2.10 bits per heavy atom. The number of nitrogens with zero attached hydrogens (tertiary/aromatic N) is 4.